The number of nitrogens with zero attached hydrogens (tertiary/aromatic N) is 2. The van der Waals surface area contributed by atoms with E-state index in [9.17, 15) is 4.79 Å². The molecule has 4 nitrogen and oxygen atoms in total. The topological polar surface area (TPSA) is 45.2 Å². The van der Waals surface area contributed by atoms with Crippen molar-refractivity contribution in [3.05, 3.63) is 36.0 Å². The summed E-state index contributed by atoms with van der Waals surface area (Å²) in [6, 6.07) is 9.89. The van der Waals surface area contributed by atoms with Gasteiger partial charge in [-0.3, -0.25) is 4.79 Å². The summed E-state index contributed by atoms with van der Waals surface area (Å²) in [4.78, 5) is 19.1. The molecule has 1 aliphatic rings. The summed E-state index contributed by atoms with van der Waals surface area (Å²) in [7, 11) is 1.84. The molecule has 0 radical (unpaired) electrons. The van der Waals surface area contributed by atoms with Crippen LogP contribution < -0.4 is 5.32 Å². The van der Waals surface area contributed by atoms with E-state index in [0.29, 0.717) is 10.9 Å². The average Bonchev–Trinajstić information content (AvgIpc) is 2.53. The van der Waals surface area contributed by atoms with Crippen molar-refractivity contribution < 1.29 is 4.79 Å². The van der Waals surface area contributed by atoms with Gasteiger partial charge in [-0.2, -0.15) is 11.8 Å². The van der Waals surface area contributed by atoms with Crippen LogP contribution in [0.25, 0.3) is 10.8 Å². The summed E-state index contributed by atoms with van der Waals surface area (Å²) in [5, 5.41) is 5.67. The fourth-order valence-electron chi connectivity index (χ4n) is 2.66. The number of anilines is 1. The molecule has 1 atom stereocenters. The fraction of sp³-hybridized carbons (Fsp3) is 0.375. The molecule has 2 heterocycles. The molecule has 3 rings (SSSR count). The molecule has 0 bridgehead atoms. The zero-order chi connectivity index (χ0) is 14.8. The van der Waals surface area contributed by atoms with Crippen LogP contribution in [0.15, 0.2) is 30.3 Å². The van der Waals surface area contributed by atoms with Crippen molar-refractivity contribution in [3.63, 3.8) is 0 Å². The lowest BCUT2D eigenvalue weighted by Gasteiger charge is -2.30. The second-order valence-electron chi connectivity index (χ2n) is 5.26. The second kappa shape index (κ2) is 5.93. The van der Waals surface area contributed by atoms with Crippen molar-refractivity contribution in [1.82, 2.24) is 9.88 Å². The Kier molecular flexibility index (Phi) is 4.01. The van der Waals surface area contributed by atoms with Crippen LogP contribution >= 0.6 is 11.8 Å². The summed E-state index contributed by atoms with van der Waals surface area (Å²) in [6.45, 7) is 3.76. The highest BCUT2D eigenvalue weighted by atomic mass is 32.2. The van der Waals surface area contributed by atoms with E-state index in [1.165, 1.54) is 0 Å². The third-order valence-electron chi connectivity index (χ3n) is 3.72. The van der Waals surface area contributed by atoms with E-state index >= 15 is 0 Å². The van der Waals surface area contributed by atoms with Gasteiger partial charge >= 0.3 is 0 Å². The molecule has 5 heteroatoms. The Morgan fingerprint density at radius 1 is 1.43 bits per heavy atom. The van der Waals surface area contributed by atoms with Gasteiger partial charge in [-0.1, -0.05) is 31.2 Å². The van der Waals surface area contributed by atoms with Crippen molar-refractivity contribution in [2.75, 3.05) is 31.2 Å². The molecule has 1 aromatic carbocycles. The molecule has 0 aliphatic carbocycles. The summed E-state index contributed by atoms with van der Waals surface area (Å²) < 4.78 is 0. The van der Waals surface area contributed by atoms with E-state index in [1.807, 2.05) is 54.0 Å². The third-order valence-corrected chi connectivity index (χ3v) is 4.86. The smallest absolute Gasteiger partial charge is 0.272 e. The minimum Gasteiger partial charge on any atom is -0.373 e. The summed E-state index contributed by atoms with van der Waals surface area (Å²) >= 11 is 1.92. The lowest BCUT2D eigenvalue weighted by molar-refractivity contribution is 0.0757. The Hall–Kier alpha value is -1.75. The molecule has 0 spiro atoms. The van der Waals surface area contributed by atoms with E-state index in [2.05, 4.69) is 17.2 Å². The van der Waals surface area contributed by atoms with E-state index in [4.69, 9.17) is 0 Å². The van der Waals surface area contributed by atoms with Crippen molar-refractivity contribution in [2.45, 2.75) is 12.2 Å². The van der Waals surface area contributed by atoms with Gasteiger partial charge in [-0.25, -0.2) is 4.98 Å². The zero-order valence-electron chi connectivity index (χ0n) is 12.3. The Labute approximate surface area is 128 Å². The number of benzene rings is 1. The molecule has 1 saturated heterocycles. The molecule has 21 heavy (non-hydrogen) atoms. The maximum atomic E-state index is 12.7. The van der Waals surface area contributed by atoms with E-state index in [-0.39, 0.29) is 5.91 Å². The van der Waals surface area contributed by atoms with Gasteiger partial charge in [0.25, 0.3) is 5.91 Å². The molecule has 1 fully saturated rings. The number of pyridine rings is 1. The molecule has 1 aliphatic heterocycles. The number of thioether (sulfide) groups is 1. The molecular weight excluding hydrogens is 282 g/mol. The highest BCUT2D eigenvalue weighted by Crippen LogP contribution is 2.24. The van der Waals surface area contributed by atoms with Gasteiger partial charge in [-0.05, 0) is 11.5 Å². The van der Waals surface area contributed by atoms with Crippen LogP contribution in [-0.2, 0) is 0 Å². The number of amides is 1. The molecule has 2 aromatic rings. The normalized spacial score (nSPS) is 18.8. The number of fused-ring (bicyclic) bond motifs is 1. The van der Waals surface area contributed by atoms with Crippen molar-refractivity contribution in [3.8, 4) is 0 Å². The van der Waals surface area contributed by atoms with Crippen molar-refractivity contribution >= 4 is 34.3 Å². The van der Waals surface area contributed by atoms with E-state index in [1.54, 1.807) is 0 Å². The largest absolute Gasteiger partial charge is 0.373 e. The van der Waals surface area contributed by atoms with Gasteiger partial charge in [0.2, 0.25) is 0 Å². The molecule has 1 amide bonds. The minimum atomic E-state index is 0.0319. The first kappa shape index (κ1) is 14.2. The van der Waals surface area contributed by atoms with Crippen LogP contribution in [0.1, 0.15) is 17.4 Å². The zero-order valence-corrected chi connectivity index (χ0v) is 13.1. The van der Waals surface area contributed by atoms with Gasteiger partial charge in [-0.15, -0.1) is 0 Å². The van der Waals surface area contributed by atoms with Crippen molar-refractivity contribution in [2.24, 2.45) is 0 Å². The summed E-state index contributed by atoms with van der Waals surface area (Å²) in [5.41, 5.74) is 0.525. The molecular formula is C16H19N3OS. The maximum Gasteiger partial charge on any atom is 0.272 e. The quantitative estimate of drug-likeness (QED) is 0.926. The number of rotatable bonds is 2. The second-order valence-corrected chi connectivity index (χ2v) is 6.81. The number of carbonyl (C=O) groups is 1. The number of nitrogens with one attached hydrogen (secondary N) is 1. The van der Waals surface area contributed by atoms with E-state index < -0.39 is 0 Å². The van der Waals surface area contributed by atoms with Crippen LogP contribution in [0.5, 0.6) is 0 Å². The van der Waals surface area contributed by atoms with Crippen LogP contribution in [0, 0.1) is 0 Å². The highest BCUT2D eigenvalue weighted by molar-refractivity contribution is 7.99. The first-order chi connectivity index (χ1) is 10.2. The highest BCUT2D eigenvalue weighted by Gasteiger charge is 2.24. The lowest BCUT2D eigenvalue weighted by atomic mass is 10.1. The number of hydrogen-bond acceptors (Lipinski definition) is 4. The predicted octanol–water partition coefficient (Wildman–Crippen LogP) is 2.85. The average molecular weight is 301 g/mol. The maximum absolute atomic E-state index is 12.7. The van der Waals surface area contributed by atoms with Crippen LogP contribution in [0.4, 0.5) is 5.82 Å². The van der Waals surface area contributed by atoms with Gasteiger partial charge in [0.15, 0.2) is 0 Å². The van der Waals surface area contributed by atoms with Crippen LogP contribution in [0.2, 0.25) is 0 Å². The van der Waals surface area contributed by atoms with Crippen LogP contribution in [-0.4, -0.2) is 46.9 Å². The number of carbonyl (C=O) groups excluding carboxylic acids is 1. The SMILES string of the molecule is CNc1nc(C(=O)N2CCSC(C)C2)cc2ccccc12. The Balaban J connectivity index is 1.98. The first-order valence-corrected chi connectivity index (χ1v) is 8.22. The summed E-state index contributed by atoms with van der Waals surface area (Å²) in [6.07, 6.45) is 0. The monoisotopic (exact) mass is 301 g/mol. The lowest BCUT2D eigenvalue weighted by Crippen LogP contribution is -2.41. The van der Waals surface area contributed by atoms with Gasteiger partial charge in [0.1, 0.15) is 11.5 Å². The van der Waals surface area contributed by atoms with Gasteiger partial charge in [0.05, 0.1) is 0 Å². The standard InChI is InChI=1S/C16H19N3OS/c1-11-10-19(7-8-21-11)16(20)14-9-12-5-3-4-6-13(12)15(17-2)18-14/h3-6,9,11H,7-8,10H2,1-2H3,(H,17,18). The molecule has 1 unspecified atom stereocenters. The van der Waals surface area contributed by atoms with Crippen LogP contribution in [0.3, 0.4) is 0 Å². The number of aromatic nitrogens is 1. The van der Waals surface area contributed by atoms with Crippen molar-refractivity contribution in [1.29, 1.82) is 0 Å². The Morgan fingerprint density at radius 3 is 3.00 bits per heavy atom. The minimum absolute atomic E-state index is 0.0319. The molecule has 1 N–H and O–H groups in total. The van der Waals surface area contributed by atoms with Gasteiger partial charge < -0.3 is 10.2 Å². The van der Waals surface area contributed by atoms with E-state index in [0.717, 1.165) is 35.4 Å². The Bertz CT molecular complexity index is 674. The number of hydrogen-bond donors (Lipinski definition) is 1. The van der Waals surface area contributed by atoms with Gasteiger partial charge in [0, 0.05) is 36.5 Å². The molecule has 110 valence electrons. The Morgan fingerprint density at radius 2 is 2.24 bits per heavy atom. The fourth-order valence-corrected chi connectivity index (χ4v) is 3.68. The molecule has 0 saturated carbocycles. The third kappa shape index (κ3) is 2.83. The predicted molar refractivity (Wildman–Crippen MR) is 89.1 cm³/mol. The summed E-state index contributed by atoms with van der Waals surface area (Å²) in [5.74, 6) is 1.79. The first-order valence-electron chi connectivity index (χ1n) is 7.17. The molecule has 1 aromatic heterocycles.